The van der Waals surface area contributed by atoms with E-state index in [-0.39, 0.29) is 17.6 Å². The van der Waals surface area contributed by atoms with Crippen molar-refractivity contribution in [3.8, 4) is 11.4 Å². The Bertz CT molecular complexity index is 1440. The third kappa shape index (κ3) is 3.42. The molecule has 2 aromatic heterocycles. The first-order chi connectivity index (χ1) is 16.9. The zero-order valence-corrected chi connectivity index (χ0v) is 19.8. The highest BCUT2D eigenvalue weighted by atomic mass is 19.1. The summed E-state index contributed by atoms with van der Waals surface area (Å²) in [5, 5.41) is 19.1. The van der Waals surface area contributed by atoms with Gasteiger partial charge in [0.25, 0.3) is 0 Å². The molecule has 1 aliphatic carbocycles. The van der Waals surface area contributed by atoms with Gasteiger partial charge in [-0.1, -0.05) is 0 Å². The minimum Gasteiger partial charge on any atom is -0.494 e. The van der Waals surface area contributed by atoms with Gasteiger partial charge in [0.2, 0.25) is 0 Å². The molecular weight excluding hydrogens is 449 g/mol. The molecule has 1 atom stereocenters. The summed E-state index contributed by atoms with van der Waals surface area (Å²) in [5.41, 5.74) is 4.31. The Hall–Kier alpha value is -3.39. The second-order valence-corrected chi connectivity index (χ2v) is 10.2. The van der Waals surface area contributed by atoms with Crippen molar-refractivity contribution in [1.82, 2.24) is 14.8 Å². The smallest absolute Gasteiger partial charge is 0.309 e. The van der Waals surface area contributed by atoms with Crippen molar-refractivity contribution in [3.63, 3.8) is 0 Å². The SMILES string of the molecule is COc1cc(-n2c(C3CCCOC3)c(C3CC(C)(C(=O)O)C3)c3cc4[nH]ncc4cc32)ccc1F. The third-order valence-corrected chi connectivity index (χ3v) is 7.86. The van der Waals surface area contributed by atoms with Crippen molar-refractivity contribution in [1.29, 1.82) is 0 Å². The molecule has 35 heavy (non-hydrogen) atoms. The lowest BCUT2D eigenvalue weighted by molar-refractivity contribution is -0.154. The molecule has 0 spiro atoms. The zero-order valence-electron chi connectivity index (χ0n) is 19.8. The summed E-state index contributed by atoms with van der Waals surface area (Å²) >= 11 is 0. The quantitative estimate of drug-likeness (QED) is 0.395. The van der Waals surface area contributed by atoms with Crippen LogP contribution in [-0.2, 0) is 9.53 Å². The normalized spacial score (nSPS) is 24.5. The van der Waals surface area contributed by atoms with Crippen LogP contribution in [0.15, 0.2) is 36.5 Å². The lowest BCUT2D eigenvalue weighted by atomic mass is 9.60. The maximum absolute atomic E-state index is 14.4. The second-order valence-electron chi connectivity index (χ2n) is 10.2. The van der Waals surface area contributed by atoms with Crippen molar-refractivity contribution >= 4 is 27.8 Å². The number of ether oxygens (including phenoxy) is 2. The van der Waals surface area contributed by atoms with E-state index < -0.39 is 17.2 Å². The number of carboxylic acid groups (broad SMARTS) is 1. The molecule has 1 aliphatic heterocycles. The second kappa shape index (κ2) is 8.09. The number of carbonyl (C=O) groups is 1. The molecular formula is C27H28FN3O4. The molecule has 2 N–H and O–H groups in total. The minimum absolute atomic E-state index is 0.111. The van der Waals surface area contributed by atoms with Gasteiger partial charge in [0.15, 0.2) is 11.6 Å². The van der Waals surface area contributed by atoms with E-state index in [1.165, 1.54) is 18.7 Å². The molecule has 2 aromatic carbocycles. The standard InChI is InChI=1S/C27H28FN3O4/c1-27(26(32)33)11-17(12-27)24-19-10-21-16(13-29-30-21)8-22(19)31(25(24)15-4-3-7-35-14-15)18-5-6-20(28)23(9-18)34-2/h5-6,8-10,13,15,17H,3-4,7,11-12,14H2,1-2H3,(H,29,30)(H,32,33). The number of fused-ring (bicyclic) bond motifs is 2. The number of nitrogens with one attached hydrogen (secondary N) is 1. The summed E-state index contributed by atoms with van der Waals surface area (Å²) in [6.07, 6.45) is 4.89. The van der Waals surface area contributed by atoms with Crippen LogP contribution in [0.3, 0.4) is 0 Å². The van der Waals surface area contributed by atoms with Crippen LogP contribution in [0.5, 0.6) is 5.75 Å². The molecule has 182 valence electrons. The van der Waals surface area contributed by atoms with Crippen LogP contribution in [0, 0.1) is 11.2 Å². The summed E-state index contributed by atoms with van der Waals surface area (Å²) in [5.74, 6) is -0.721. The molecule has 0 bridgehead atoms. The Morgan fingerprint density at radius 3 is 2.83 bits per heavy atom. The predicted molar refractivity (Wildman–Crippen MR) is 130 cm³/mol. The van der Waals surface area contributed by atoms with Crippen LogP contribution in [-0.4, -0.2) is 46.2 Å². The van der Waals surface area contributed by atoms with Gasteiger partial charge in [0.05, 0.1) is 36.4 Å². The number of aromatic nitrogens is 3. The lowest BCUT2D eigenvalue weighted by Crippen LogP contribution is -2.40. The molecule has 4 aromatic rings. The number of rotatable bonds is 5. The van der Waals surface area contributed by atoms with Crippen molar-refractivity contribution in [2.45, 2.75) is 44.4 Å². The number of aromatic amines is 1. The fourth-order valence-corrected chi connectivity index (χ4v) is 6.03. The van der Waals surface area contributed by atoms with Gasteiger partial charge in [-0.15, -0.1) is 0 Å². The number of nitrogens with zero attached hydrogens (tertiary/aromatic N) is 2. The molecule has 0 amide bonds. The number of methoxy groups -OCH3 is 1. The number of hydrogen-bond acceptors (Lipinski definition) is 4. The number of carboxylic acids is 1. The summed E-state index contributed by atoms with van der Waals surface area (Å²) < 4.78 is 27.8. The highest BCUT2D eigenvalue weighted by molar-refractivity contribution is 5.99. The van der Waals surface area contributed by atoms with Gasteiger partial charge in [0.1, 0.15) is 0 Å². The average Bonchev–Trinajstić information content (AvgIpc) is 3.43. The Labute approximate surface area is 201 Å². The molecule has 2 fully saturated rings. The van der Waals surface area contributed by atoms with E-state index in [0.717, 1.165) is 52.6 Å². The Balaban J connectivity index is 1.65. The summed E-state index contributed by atoms with van der Waals surface area (Å²) in [6.45, 7) is 3.17. The van der Waals surface area contributed by atoms with Crippen molar-refractivity contribution < 1.29 is 23.8 Å². The topological polar surface area (TPSA) is 89.4 Å². The molecule has 1 saturated carbocycles. The summed E-state index contributed by atoms with van der Waals surface area (Å²) in [6, 6.07) is 9.16. The number of aliphatic carboxylic acids is 1. The van der Waals surface area contributed by atoms with E-state index >= 15 is 0 Å². The zero-order chi connectivity index (χ0) is 24.3. The average molecular weight is 478 g/mol. The van der Waals surface area contributed by atoms with Gasteiger partial charge in [-0.25, -0.2) is 4.39 Å². The van der Waals surface area contributed by atoms with Gasteiger partial charge in [-0.3, -0.25) is 9.89 Å². The molecule has 1 unspecified atom stereocenters. The molecule has 7 nitrogen and oxygen atoms in total. The number of benzene rings is 2. The number of halogens is 1. The molecule has 0 radical (unpaired) electrons. The van der Waals surface area contributed by atoms with Crippen molar-refractivity contribution in [2.75, 3.05) is 20.3 Å². The van der Waals surface area contributed by atoms with Crippen LogP contribution in [0.4, 0.5) is 4.39 Å². The van der Waals surface area contributed by atoms with E-state index in [0.29, 0.717) is 19.4 Å². The van der Waals surface area contributed by atoms with Crippen LogP contribution in [0.2, 0.25) is 0 Å². The van der Waals surface area contributed by atoms with E-state index in [4.69, 9.17) is 9.47 Å². The summed E-state index contributed by atoms with van der Waals surface area (Å²) in [4.78, 5) is 11.9. The van der Waals surface area contributed by atoms with Crippen molar-refractivity contribution in [2.24, 2.45) is 5.41 Å². The minimum atomic E-state index is -0.751. The largest absolute Gasteiger partial charge is 0.494 e. The van der Waals surface area contributed by atoms with Crippen LogP contribution in [0.1, 0.15) is 55.7 Å². The maximum Gasteiger partial charge on any atom is 0.309 e. The predicted octanol–water partition coefficient (Wildman–Crippen LogP) is 5.52. The fourth-order valence-electron chi connectivity index (χ4n) is 6.03. The fraction of sp³-hybridized carbons (Fsp3) is 0.407. The Morgan fingerprint density at radius 1 is 1.29 bits per heavy atom. The first kappa shape index (κ1) is 22.1. The van der Waals surface area contributed by atoms with E-state index in [2.05, 4.69) is 26.9 Å². The van der Waals surface area contributed by atoms with E-state index in [9.17, 15) is 14.3 Å². The molecule has 8 heteroatoms. The van der Waals surface area contributed by atoms with Gasteiger partial charge >= 0.3 is 5.97 Å². The lowest BCUT2D eigenvalue weighted by Gasteiger charge is -2.43. The van der Waals surface area contributed by atoms with Crippen molar-refractivity contribution in [3.05, 3.63) is 53.6 Å². The Morgan fingerprint density at radius 2 is 2.11 bits per heavy atom. The van der Waals surface area contributed by atoms with E-state index in [1.807, 2.05) is 6.92 Å². The van der Waals surface area contributed by atoms with Gasteiger partial charge in [0, 0.05) is 40.7 Å². The third-order valence-electron chi connectivity index (χ3n) is 7.86. The van der Waals surface area contributed by atoms with Crippen LogP contribution in [0.25, 0.3) is 27.5 Å². The van der Waals surface area contributed by atoms with Gasteiger partial charge in [-0.05, 0) is 68.4 Å². The maximum atomic E-state index is 14.4. The van der Waals surface area contributed by atoms with Crippen LogP contribution < -0.4 is 4.74 Å². The number of hydrogen-bond donors (Lipinski definition) is 2. The highest BCUT2D eigenvalue weighted by Gasteiger charge is 2.49. The number of H-pyrrole nitrogens is 1. The van der Waals surface area contributed by atoms with E-state index in [1.54, 1.807) is 18.3 Å². The summed E-state index contributed by atoms with van der Waals surface area (Å²) in [7, 11) is 1.47. The molecule has 3 heterocycles. The van der Waals surface area contributed by atoms with Gasteiger partial charge in [-0.2, -0.15) is 5.10 Å². The van der Waals surface area contributed by atoms with Gasteiger partial charge < -0.3 is 19.1 Å². The Kier molecular flexibility index (Phi) is 5.11. The first-order valence-electron chi connectivity index (χ1n) is 12.1. The highest BCUT2D eigenvalue weighted by Crippen LogP contribution is 2.55. The first-order valence-corrected chi connectivity index (χ1v) is 12.1. The monoisotopic (exact) mass is 477 g/mol. The molecule has 6 rings (SSSR count). The molecule has 1 saturated heterocycles. The van der Waals surface area contributed by atoms with Crippen LogP contribution >= 0.6 is 0 Å². The molecule has 2 aliphatic rings.